The maximum Gasteiger partial charge on any atom is 0.251 e. The zero-order valence-electron chi connectivity index (χ0n) is 8.72. The molecule has 0 unspecified atom stereocenters. The molecule has 4 nitrogen and oxygen atoms in total. The minimum absolute atomic E-state index is 0.0540. The monoisotopic (exact) mass is 215 g/mol. The lowest BCUT2D eigenvalue weighted by Gasteiger charge is -2.07. The van der Waals surface area contributed by atoms with Crippen LogP contribution in [0.4, 0.5) is 0 Å². The van der Waals surface area contributed by atoms with Crippen LogP contribution in [0.25, 0.3) is 11.0 Å². The van der Waals surface area contributed by atoms with Gasteiger partial charge in [0, 0.05) is 12.3 Å². The van der Waals surface area contributed by atoms with Gasteiger partial charge >= 0.3 is 0 Å². The molecule has 0 amide bonds. The molecule has 0 aliphatic rings. The summed E-state index contributed by atoms with van der Waals surface area (Å²) < 4.78 is 1.41. The van der Waals surface area contributed by atoms with E-state index in [0.717, 1.165) is 5.56 Å². The number of rotatable bonds is 3. The highest BCUT2D eigenvalue weighted by atomic mass is 16.1. The Morgan fingerprint density at radius 2 is 2.25 bits per heavy atom. The van der Waals surface area contributed by atoms with E-state index < -0.39 is 0 Å². The predicted molar refractivity (Wildman–Crippen MR) is 61.1 cm³/mol. The van der Waals surface area contributed by atoms with E-state index in [4.69, 9.17) is 0 Å². The highest BCUT2D eigenvalue weighted by molar-refractivity contribution is 5.75. The highest BCUT2D eigenvalue weighted by Gasteiger charge is 2.04. The second-order valence-electron chi connectivity index (χ2n) is 3.45. The zero-order valence-corrected chi connectivity index (χ0v) is 8.72. The van der Waals surface area contributed by atoms with E-state index in [1.54, 1.807) is 12.3 Å². The van der Waals surface area contributed by atoms with Crippen LogP contribution in [0.3, 0.4) is 0 Å². The van der Waals surface area contributed by atoms with Crippen LogP contribution in [0.1, 0.15) is 5.56 Å². The molecule has 2 heterocycles. The number of aromatic nitrogens is 2. The van der Waals surface area contributed by atoms with E-state index in [1.165, 1.54) is 10.6 Å². The third kappa shape index (κ3) is 1.74. The molecule has 0 bridgehead atoms. The van der Waals surface area contributed by atoms with E-state index in [-0.39, 0.29) is 12.1 Å². The molecule has 0 aliphatic heterocycles. The van der Waals surface area contributed by atoms with Crippen LogP contribution in [-0.4, -0.2) is 15.8 Å². The Bertz CT molecular complexity index is 587. The molecule has 0 aromatic carbocycles. The van der Waals surface area contributed by atoms with Crippen molar-refractivity contribution in [1.29, 1.82) is 0 Å². The van der Waals surface area contributed by atoms with Gasteiger partial charge in [-0.3, -0.25) is 14.3 Å². The molecule has 81 valence electrons. The van der Waals surface area contributed by atoms with E-state index >= 15 is 0 Å². The Morgan fingerprint density at radius 1 is 1.44 bits per heavy atom. The van der Waals surface area contributed by atoms with Gasteiger partial charge < -0.3 is 4.79 Å². The van der Waals surface area contributed by atoms with Gasteiger partial charge in [-0.05, 0) is 31.0 Å². The van der Waals surface area contributed by atoms with Crippen molar-refractivity contribution in [1.82, 2.24) is 9.55 Å². The van der Waals surface area contributed by atoms with Gasteiger partial charge in [-0.25, -0.2) is 0 Å². The van der Waals surface area contributed by atoms with E-state index in [1.807, 2.05) is 6.07 Å². The summed E-state index contributed by atoms with van der Waals surface area (Å²) in [5.41, 5.74) is 2.14. The summed E-state index contributed by atoms with van der Waals surface area (Å²) in [5, 5.41) is 0. The Morgan fingerprint density at radius 3 is 2.94 bits per heavy atom. The smallest absolute Gasteiger partial charge is 0.251 e. The van der Waals surface area contributed by atoms with Gasteiger partial charge in [0.05, 0.1) is 17.6 Å². The standard InChI is InChI=1S/C12H11N2O2/c1-2-9-7-11-10(13-8-9)3-4-12(16)14(11)5-6-15/h3-4,6-8H,1-2,5H2. The van der Waals surface area contributed by atoms with Crippen LogP contribution >= 0.6 is 0 Å². The lowest BCUT2D eigenvalue weighted by molar-refractivity contribution is -0.108. The van der Waals surface area contributed by atoms with Crippen molar-refractivity contribution in [3.63, 3.8) is 0 Å². The maximum atomic E-state index is 11.6. The molecule has 2 rings (SSSR count). The Kier molecular flexibility index (Phi) is 2.81. The number of fused-ring (bicyclic) bond motifs is 1. The molecule has 0 N–H and O–H groups in total. The molecular formula is C12H11N2O2. The molecule has 2 aromatic heterocycles. The minimum atomic E-state index is -0.192. The number of hydrogen-bond acceptors (Lipinski definition) is 3. The van der Waals surface area contributed by atoms with Crippen molar-refractivity contribution < 1.29 is 4.79 Å². The topological polar surface area (TPSA) is 52.0 Å². The van der Waals surface area contributed by atoms with Crippen LogP contribution < -0.4 is 5.56 Å². The summed E-state index contributed by atoms with van der Waals surface area (Å²) >= 11 is 0. The fourth-order valence-corrected chi connectivity index (χ4v) is 1.61. The largest absolute Gasteiger partial charge is 0.301 e. The normalized spacial score (nSPS) is 10.6. The van der Waals surface area contributed by atoms with E-state index in [0.29, 0.717) is 23.7 Å². The first kappa shape index (κ1) is 10.5. The van der Waals surface area contributed by atoms with Gasteiger partial charge in [0.1, 0.15) is 6.29 Å². The van der Waals surface area contributed by atoms with Crippen molar-refractivity contribution in [2.75, 3.05) is 0 Å². The number of carbonyl (C=O) groups excluding carboxylic acids is 1. The van der Waals surface area contributed by atoms with Crippen LogP contribution in [0.5, 0.6) is 0 Å². The predicted octanol–water partition coefficient (Wildman–Crippen LogP) is 0.972. The van der Waals surface area contributed by atoms with E-state index in [2.05, 4.69) is 11.9 Å². The Labute approximate surface area is 92.5 Å². The number of pyridine rings is 2. The number of aldehydes is 1. The summed E-state index contributed by atoms with van der Waals surface area (Å²) in [6.45, 7) is 3.82. The summed E-state index contributed by atoms with van der Waals surface area (Å²) in [5.74, 6) is 0. The van der Waals surface area contributed by atoms with Crippen molar-refractivity contribution in [2.45, 2.75) is 13.0 Å². The third-order valence-corrected chi connectivity index (χ3v) is 2.44. The summed E-state index contributed by atoms with van der Waals surface area (Å²) in [6, 6.07) is 4.93. The number of nitrogens with zero attached hydrogens (tertiary/aromatic N) is 2. The first-order valence-corrected chi connectivity index (χ1v) is 4.97. The minimum Gasteiger partial charge on any atom is -0.301 e. The zero-order chi connectivity index (χ0) is 11.5. The van der Waals surface area contributed by atoms with Gasteiger partial charge in [0.2, 0.25) is 0 Å². The fourth-order valence-electron chi connectivity index (χ4n) is 1.61. The fraction of sp³-hybridized carbons (Fsp3) is 0.167. The quantitative estimate of drug-likeness (QED) is 0.717. The lowest BCUT2D eigenvalue weighted by atomic mass is 10.2. The Balaban J connectivity index is 2.77. The second kappa shape index (κ2) is 4.26. The lowest BCUT2D eigenvalue weighted by Crippen LogP contribution is -2.20. The first-order chi connectivity index (χ1) is 7.76. The van der Waals surface area contributed by atoms with Gasteiger partial charge in [-0.2, -0.15) is 0 Å². The maximum absolute atomic E-state index is 11.6. The summed E-state index contributed by atoms with van der Waals surface area (Å²) in [7, 11) is 0. The number of hydrogen-bond donors (Lipinski definition) is 0. The molecule has 0 saturated heterocycles. The third-order valence-electron chi connectivity index (χ3n) is 2.44. The van der Waals surface area contributed by atoms with Crippen LogP contribution in [0, 0.1) is 6.92 Å². The molecule has 0 aliphatic carbocycles. The van der Waals surface area contributed by atoms with Gasteiger partial charge in [-0.15, -0.1) is 0 Å². The van der Waals surface area contributed by atoms with Gasteiger partial charge in [0.15, 0.2) is 0 Å². The van der Waals surface area contributed by atoms with Crippen molar-refractivity contribution in [3.05, 3.63) is 47.2 Å². The summed E-state index contributed by atoms with van der Waals surface area (Å²) in [6.07, 6.45) is 3.04. The van der Waals surface area contributed by atoms with Crippen molar-refractivity contribution >= 4 is 17.3 Å². The molecule has 16 heavy (non-hydrogen) atoms. The van der Waals surface area contributed by atoms with Gasteiger partial charge in [0.25, 0.3) is 5.56 Å². The SMILES string of the molecule is [CH2]Cc1cnc2ccc(=O)n(CC=O)c2c1. The van der Waals surface area contributed by atoms with Crippen molar-refractivity contribution in [2.24, 2.45) is 0 Å². The molecular weight excluding hydrogens is 204 g/mol. The molecule has 0 atom stereocenters. The molecule has 4 heteroatoms. The molecule has 0 fully saturated rings. The molecule has 2 aromatic rings. The molecule has 0 spiro atoms. The second-order valence-corrected chi connectivity index (χ2v) is 3.45. The average Bonchev–Trinajstić information content (AvgIpc) is 2.32. The van der Waals surface area contributed by atoms with Crippen LogP contribution in [0.2, 0.25) is 0 Å². The van der Waals surface area contributed by atoms with Crippen molar-refractivity contribution in [3.8, 4) is 0 Å². The first-order valence-electron chi connectivity index (χ1n) is 4.97. The highest BCUT2D eigenvalue weighted by Crippen LogP contribution is 2.11. The number of carbonyl (C=O) groups is 1. The summed E-state index contributed by atoms with van der Waals surface area (Å²) in [4.78, 5) is 26.3. The Hall–Kier alpha value is -1.97. The average molecular weight is 215 g/mol. The van der Waals surface area contributed by atoms with Gasteiger partial charge in [-0.1, -0.05) is 0 Å². The molecule has 1 radical (unpaired) electrons. The van der Waals surface area contributed by atoms with E-state index in [9.17, 15) is 9.59 Å². The van der Waals surface area contributed by atoms with Crippen LogP contribution in [-0.2, 0) is 17.8 Å². The molecule has 0 saturated carbocycles. The van der Waals surface area contributed by atoms with Crippen LogP contribution in [0.15, 0.2) is 29.2 Å².